The third kappa shape index (κ3) is 4.98. The molecule has 2 aromatic carbocycles. The van der Waals surface area contributed by atoms with E-state index in [9.17, 15) is 4.79 Å². The van der Waals surface area contributed by atoms with Gasteiger partial charge >= 0.3 is 0 Å². The van der Waals surface area contributed by atoms with Crippen LogP contribution in [-0.4, -0.2) is 28.6 Å². The zero-order valence-corrected chi connectivity index (χ0v) is 20.3. The number of hydrogen-bond acceptors (Lipinski definition) is 5. The molecule has 29 heavy (non-hydrogen) atoms. The van der Waals surface area contributed by atoms with Gasteiger partial charge in [0.15, 0.2) is 11.5 Å². The summed E-state index contributed by atoms with van der Waals surface area (Å²) in [6.45, 7) is 8.15. The minimum absolute atomic E-state index is 0.0338. The number of fused-ring (bicyclic) bond motifs is 1. The van der Waals surface area contributed by atoms with Crippen molar-refractivity contribution in [3.63, 3.8) is 0 Å². The van der Waals surface area contributed by atoms with E-state index >= 15 is 0 Å². The second-order valence-electron chi connectivity index (χ2n) is 6.61. The molecule has 8 heteroatoms. The Morgan fingerprint density at radius 3 is 2.76 bits per heavy atom. The maximum absolute atomic E-state index is 12.9. The molecule has 0 aliphatic carbocycles. The first-order valence-corrected chi connectivity index (χ1v) is 11.0. The summed E-state index contributed by atoms with van der Waals surface area (Å²) in [7, 11) is 0. The molecule has 0 spiro atoms. The highest BCUT2D eigenvalue weighted by Gasteiger charge is 2.13. The highest BCUT2D eigenvalue weighted by atomic mass is 127. The molecular formula is C21H21BrIN3O3. The monoisotopic (exact) mass is 569 g/mol. The molecule has 1 heterocycles. The van der Waals surface area contributed by atoms with Gasteiger partial charge in [0.25, 0.3) is 5.56 Å². The van der Waals surface area contributed by atoms with Crippen LogP contribution >= 0.6 is 38.5 Å². The van der Waals surface area contributed by atoms with Crippen molar-refractivity contribution in [1.82, 2.24) is 9.66 Å². The Balaban J connectivity index is 2.05. The van der Waals surface area contributed by atoms with E-state index in [4.69, 9.17) is 9.47 Å². The number of hydrogen-bond donors (Lipinski definition) is 0. The lowest BCUT2D eigenvalue weighted by Crippen LogP contribution is -2.20. The van der Waals surface area contributed by atoms with Crippen molar-refractivity contribution in [2.45, 2.75) is 33.8 Å². The van der Waals surface area contributed by atoms with E-state index in [2.05, 4.69) is 48.6 Å². The molecule has 0 saturated heterocycles. The Kier molecular flexibility index (Phi) is 6.94. The molecule has 0 fully saturated rings. The summed E-state index contributed by atoms with van der Waals surface area (Å²) >= 11 is 5.61. The quantitative estimate of drug-likeness (QED) is 0.304. The molecule has 152 valence electrons. The largest absolute Gasteiger partial charge is 0.490 e. The second-order valence-corrected chi connectivity index (χ2v) is 8.69. The molecule has 0 aliphatic rings. The third-order valence-electron chi connectivity index (χ3n) is 3.98. The summed E-state index contributed by atoms with van der Waals surface area (Å²) in [6.07, 6.45) is 1.66. The lowest BCUT2D eigenvalue weighted by atomic mass is 10.2. The summed E-state index contributed by atoms with van der Waals surface area (Å²) in [4.78, 5) is 17.4. The van der Waals surface area contributed by atoms with Gasteiger partial charge in [-0.3, -0.25) is 4.79 Å². The van der Waals surface area contributed by atoms with E-state index in [0.29, 0.717) is 34.8 Å². The van der Waals surface area contributed by atoms with Crippen LogP contribution in [0.2, 0.25) is 0 Å². The predicted octanol–water partition coefficient (Wildman–Crippen LogP) is 5.14. The van der Waals surface area contributed by atoms with Crippen molar-refractivity contribution in [3.8, 4) is 11.5 Å². The SMILES string of the molecule is CCOc1cc(C=Nn2c(C)nc3ccc(Br)cc3c2=O)cc(I)c1OC(C)C. The summed E-state index contributed by atoms with van der Waals surface area (Å²) < 4.78 is 14.7. The van der Waals surface area contributed by atoms with Gasteiger partial charge in [0, 0.05) is 4.47 Å². The average Bonchev–Trinajstić information content (AvgIpc) is 2.65. The summed E-state index contributed by atoms with van der Waals surface area (Å²) in [5.74, 6) is 1.88. The van der Waals surface area contributed by atoms with Gasteiger partial charge in [0.1, 0.15) is 5.82 Å². The van der Waals surface area contributed by atoms with Gasteiger partial charge in [-0.15, -0.1) is 0 Å². The van der Waals surface area contributed by atoms with E-state index in [0.717, 1.165) is 13.6 Å². The highest BCUT2D eigenvalue weighted by molar-refractivity contribution is 14.1. The first-order valence-electron chi connectivity index (χ1n) is 9.16. The molecule has 1 aromatic heterocycles. The van der Waals surface area contributed by atoms with Gasteiger partial charge in [-0.25, -0.2) is 4.98 Å². The molecular weight excluding hydrogens is 549 g/mol. The number of ether oxygens (including phenoxy) is 2. The highest BCUT2D eigenvalue weighted by Crippen LogP contribution is 2.34. The molecule has 0 aliphatic heterocycles. The maximum Gasteiger partial charge on any atom is 0.282 e. The van der Waals surface area contributed by atoms with Crippen molar-refractivity contribution in [3.05, 3.63) is 60.1 Å². The summed E-state index contributed by atoms with van der Waals surface area (Å²) in [6, 6.07) is 9.23. The van der Waals surface area contributed by atoms with Crippen molar-refractivity contribution in [2.24, 2.45) is 5.10 Å². The zero-order chi connectivity index (χ0) is 21.1. The van der Waals surface area contributed by atoms with E-state index in [1.165, 1.54) is 4.68 Å². The molecule has 6 nitrogen and oxygen atoms in total. The van der Waals surface area contributed by atoms with E-state index in [-0.39, 0.29) is 11.7 Å². The molecule has 3 rings (SSSR count). The lowest BCUT2D eigenvalue weighted by Gasteiger charge is -2.16. The van der Waals surface area contributed by atoms with Gasteiger partial charge in [-0.05, 0) is 86.2 Å². The Morgan fingerprint density at radius 1 is 1.31 bits per heavy atom. The van der Waals surface area contributed by atoms with Crippen molar-refractivity contribution < 1.29 is 9.47 Å². The van der Waals surface area contributed by atoms with Crippen LogP contribution in [0.4, 0.5) is 0 Å². The standard InChI is InChI=1S/C21H21BrIN3O3/c1-5-28-19-9-14(8-17(23)20(19)29-12(2)3)11-24-26-13(4)25-18-7-6-15(22)10-16(18)21(26)27/h6-12H,5H2,1-4H3. The number of rotatable bonds is 6. The van der Waals surface area contributed by atoms with Crippen LogP contribution in [0.3, 0.4) is 0 Å². The number of halogens is 2. The van der Waals surface area contributed by atoms with E-state index in [1.54, 1.807) is 19.2 Å². The Morgan fingerprint density at radius 2 is 2.07 bits per heavy atom. The Hall–Kier alpha value is -1.94. The fourth-order valence-electron chi connectivity index (χ4n) is 2.80. The maximum atomic E-state index is 12.9. The molecule has 0 radical (unpaired) electrons. The predicted molar refractivity (Wildman–Crippen MR) is 128 cm³/mol. The molecule has 3 aromatic rings. The smallest absolute Gasteiger partial charge is 0.282 e. The first-order chi connectivity index (χ1) is 13.8. The molecule has 0 N–H and O–H groups in total. The second kappa shape index (κ2) is 9.25. The van der Waals surface area contributed by atoms with Crippen LogP contribution in [0.15, 0.2) is 44.7 Å². The minimum atomic E-state index is -0.218. The van der Waals surface area contributed by atoms with Gasteiger partial charge in [-0.2, -0.15) is 9.78 Å². The minimum Gasteiger partial charge on any atom is -0.490 e. The van der Waals surface area contributed by atoms with Crippen LogP contribution in [0.1, 0.15) is 32.2 Å². The lowest BCUT2D eigenvalue weighted by molar-refractivity contribution is 0.222. The normalized spacial score (nSPS) is 11.6. The van der Waals surface area contributed by atoms with E-state index in [1.807, 2.05) is 45.0 Å². The van der Waals surface area contributed by atoms with Crippen molar-refractivity contribution in [2.75, 3.05) is 6.61 Å². The number of nitrogens with zero attached hydrogens (tertiary/aromatic N) is 3. The first kappa shape index (κ1) is 21.8. The van der Waals surface area contributed by atoms with Gasteiger partial charge in [-0.1, -0.05) is 15.9 Å². The summed E-state index contributed by atoms with van der Waals surface area (Å²) in [5, 5.41) is 4.90. The van der Waals surface area contributed by atoms with Crippen molar-refractivity contribution >= 4 is 55.6 Å². The van der Waals surface area contributed by atoms with Crippen LogP contribution in [0, 0.1) is 10.5 Å². The van der Waals surface area contributed by atoms with Crippen molar-refractivity contribution in [1.29, 1.82) is 0 Å². The third-order valence-corrected chi connectivity index (χ3v) is 5.27. The summed E-state index contributed by atoms with van der Waals surface area (Å²) in [5.41, 5.74) is 1.23. The molecule has 0 atom stereocenters. The molecule has 0 bridgehead atoms. The average molecular weight is 570 g/mol. The Bertz CT molecular complexity index is 1140. The number of benzene rings is 2. The van der Waals surface area contributed by atoms with Gasteiger partial charge in [0.2, 0.25) is 0 Å². The fraction of sp³-hybridized carbons (Fsp3) is 0.286. The zero-order valence-electron chi connectivity index (χ0n) is 16.6. The number of aryl methyl sites for hydroxylation is 1. The van der Waals surface area contributed by atoms with Gasteiger partial charge < -0.3 is 9.47 Å². The van der Waals surface area contributed by atoms with Crippen LogP contribution < -0.4 is 15.0 Å². The van der Waals surface area contributed by atoms with Crippen LogP contribution in [-0.2, 0) is 0 Å². The Labute approximate surface area is 191 Å². The van der Waals surface area contributed by atoms with Gasteiger partial charge in [0.05, 0.1) is 33.4 Å². The molecule has 0 unspecified atom stereocenters. The van der Waals surface area contributed by atoms with Crippen LogP contribution in [0.25, 0.3) is 10.9 Å². The molecule has 0 saturated carbocycles. The van der Waals surface area contributed by atoms with E-state index < -0.39 is 0 Å². The van der Waals surface area contributed by atoms with Crippen LogP contribution in [0.5, 0.6) is 11.5 Å². The number of aromatic nitrogens is 2. The fourth-order valence-corrected chi connectivity index (χ4v) is 3.91. The molecule has 0 amide bonds. The topological polar surface area (TPSA) is 65.7 Å².